The maximum Gasteiger partial charge on any atom is 0.518 e. The molecule has 1 saturated carbocycles. The number of aliphatic hydroxyl groups is 1. The first-order valence-corrected chi connectivity index (χ1v) is 15.0. The molecule has 0 saturated heterocycles. The predicted octanol–water partition coefficient (Wildman–Crippen LogP) is 6.50. The molecule has 0 radical (unpaired) electrons. The third kappa shape index (κ3) is 7.72. The van der Waals surface area contributed by atoms with E-state index in [0.717, 1.165) is 54.0 Å². The number of ether oxygens (including phenoxy) is 3. The number of benzene rings is 3. The number of rotatable bonds is 14. The molecule has 4 rings (SSSR count). The Bertz CT molecular complexity index is 1210. The van der Waals surface area contributed by atoms with Crippen molar-refractivity contribution in [3.63, 3.8) is 0 Å². The monoisotopic (exact) mass is 552 g/mol. The van der Waals surface area contributed by atoms with E-state index in [9.17, 15) is 14.6 Å². The normalized spacial score (nSPS) is 19.3. The van der Waals surface area contributed by atoms with Crippen LogP contribution in [0.5, 0.6) is 17.2 Å². The van der Waals surface area contributed by atoms with Crippen molar-refractivity contribution >= 4 is 13.7 Å². The van der Waals surface area contributed by atoms with Gasteiger partial charge >= 0.3 is 8.03 Å². The van der Waals surface area contributed by atoms with Gasteiger partial charge in [0, 0.05) is 30.3 Å². The predicted molar refractivity (Wildman–Crippen MR) is 154 cm³/mol. The number of hydrogen-bond acceptors (Lipinski definition) is 6. The third-order valence-corrected chi connectivity index (χ3v) is 8.67. The fourth-order valence-electron chi connectivity index (χ4n) is 4.96. The van der Waals surface area contributed by atoms with E-state index in [1.807, 2.05) is 72.8 Å². The molecule has 1 aliphatic rings. The lowest BCUT2D eigenvalue weighted by atomic mass is 9.86. The van der Waals surface area contributed by atoms with Crippen LogP contribution in [0.3, 0.4) is 0 Å². The Morgan fingerprint density at radius 2 is 1.74 bits per heavy atom. The molecule has 3 unspecified atom stereocenters. The average molecular weight is 553 g/mol. The van der Waals surface area contributed by atoms with Gasteiger partial charge in [-0.1, -0.05) is 55.8 Å². The Balaban J connectivity index is 1.26. The third-order valence-electron chi connectivity index (χ3n) is 7.26. The topological polar surface area (TPSA) is 97.2 Å². The fourth-order valence-corrected chi connectivity index (χ4v) is 5.87. The van der Waals surface area contributed by atoms with Crippen LogP contribution < -0.4 is 19.5 Å². The Kier molecular flexibility index (Phi) is 10.6. The van der Waals surface area contributed by atoms with Crippen molar-refractivity contribution in [2.45, 2.75) is 63.3 Å². The average Bonchev–Trinajstić information content (AvgIpc) is 2.96. The van der Waals surface area contributed by atoms with Gasteiger partial charge in [0.1, 0.15) is 36.6 Å². The molecule has 1 fully saturated rings. The summed E-state index contributed by atoms with van der Waals surface area (Å²) in [5, 5.41) is 12.9. The summed E-state index contributed by atoms with van der Waals surface area (Å²) in [6.45, 7) is 3.86. The number of nitrogens with one attached hydrogen (secondary N) is 1. The van der Waals surface area contributed by atoms with Crippen LogP contribution in [-0.2, 0) is 17.6 Å². The van der Waals surface area contributed by atoms with E-state index in [-0.39, 0.29) is 6.61 Å². The molecule has 0 amide bonds. The molecular formula is C31H39NO6P+. The Labute approximate surface area is 232 Å². The molecule has 39 heavy (non-hydrogen) atoms. The molecule has 3 atom stereocenters. The second-order valence-corrected chi connectivity index (χ2v) is 11.4. The second-order valence-electron chi connectivity index (χ2n) is 9.94. The Morgan fingerprint density at radius 3 is 2.49 bits per heavy atom. The summed E-state index contributed by atoms with van der Waals surface area (Å²) in [5.41, 5.74) is 3.10. The molecule has 0 bridgehead atoms. The summed E-state index contributed by atoms with van der Waals surface area (Å²) >= 11 is 0. The van der Waals surface area contributed by atoms with Crippen molar-refractivity contribution in [2.75, 3.05) is 25.1 Å². The van der Waals surface area contributed by atoms with E-state index in [4.69, 9.17) is 14.2 Å². The van der Waals surface area contributed by atoms with Gasteiger partial charge in [0.25, 0.3) is 5.16 Å². The SMILES string of the molecule is CCc1c(NCCCOc2cccc(OCc3ccccc3)c2)cccc1OCC1([P+](=O)O)CCCCC1O. The van der Waals surface area contributed by atoms with Crippen LogP contribution in [0.25, 0.3) is 0 Å². The highest BCUT2D eigenvalue weighted by Crippen LogP contribution is 2.47. The molecule has 8 heteroatoms. The van der Waals surface area contributed by atoms with E-state index in [0.29, 0.717) is 38.3 Å². The molecule has 3 aromatic rings. The minimum absolute atomic E-state index is 0.0261. The molecule has 0 aromatic heterocycles. The van der Waals surface area contributed by atoms with Gasteiger partial charge in [-0.2, -0.15) is 4.89 Å². The smallest absolute Gasteiger partial charge is 0.493 e. The van der Waals surface area contributed by atoms with Gasteiger partial charge in [-0.15, -0.1) is 0 Å². The van der Waals surface area contributed by atoms with Gasteiger partial charge in [-0.05, 0) is 60.1 Å². The molecule has 3 aromatic carbocycles. The van der Waals surface area contributed by atoms with Gasteiger partial charge < -0.3 is 24.6 Å². The van der Waals surface area contributed by atoms with Gasteiger partial charge in [-0.3, -0.25) is 0 Å². The Hall–Kier alpha value is -3.12. The van der Waals surface area contributed by atoms with Crippen molar-refractivity contribution in [1.82, 2.24) is 0 Å². The molecule has 208 valence electrons. The first-order chi connectivity index (χ1) is 19.0. The number of aliphatic hydroxyl groups excluding tert-OH is 1. The van der Waals surface area contributed by atoms with Crippen LogP contribution >= 0.6 is 8.03 Å². The largest absolute Gasteiger partial charge is 0.518 e. The van der Waals surface area contributed by atoms with Gasteiger partial charge in [0.2, 0.25) is 0 Å². The van der Waals surface area contributed by atoms with E-state index in [1.165, 1.54) is 0 Å². The minimum Gasteiger partial charge on any atom is -0.493 e. The summed E-state index contributed by atoms with van der Waals surface area (Å²) in [7, 11) is -2.57. The van der Waals surface area contributed by atoms with Gasteiger partial charge in [-0.25, -0.2) is 0 Å². The van der Waals surface area contributed by atoms with Crippen molar-refractivity contribution in [1.29, 1.82) is 0 Å². The van der Waals surface area contributed by atoms with Crippen molar-refractivity contribution in [3.8, 4) is 17.2 Å². The van der Waals surface area contributed by atoms with E-state index in [2.05, 4.69) is 12.2 Å². The van der Waals surface area contributed by atoms with Crippen LogP contribution in [0.4, 0.5) is 5.69 Å². The highest BCUT2D eigenvalue weighted by atomic mass is 31.1. The lowest BCUT2D eigenvalue weighted by Gasteiger charge is -2.31. The summed E-state index contributed by atoms with van der Waals surface area (Å²) < 4.78 is 30.2. The van der Waals surface area contributed by atoms with Crippen LogP contribution in [0.2, 0.25) is 0 Å². The highest BCUT2D eigenvalue weighted by molar-refractivity contribution is 7.40. The van der Waals surface area contributed by atoms with Gasteiger partial charge in [0.15, 0.2) is 0 Å². The maximum atomic E-state index is 12.2. The lowest BCUT2D eigenvalue weighted by Crippen LogP contribution is -2.46. The zero-order valence-electron chi connectivity index (χ0n) is 22.6. The lowest BCUT2D eigenvalue weighted by molar-refractivity contribution is 0.0548. The summed E-state index contributed by atoms with van der Waals surface area (Å²) in [5.74, 6) is 2.22. The van der Waals surface area contributed by atoms with E-state index >= 15 is 0 Å². The van der Waals surface area contributed by atoms with Crippen LogP contribution in [0.15, 0.2) is 72.8 Å². The molecular weight excluding hydrogens is 513 g/mol. The number of hydrogen-bond donors (Lipinski definition) is 3. The first kappa shape index (κ1) is 28.9. The number of anilines is 1. The van der Waals surface area contributed by atoms with Crippen LogP contribution in [0.1, 0.15) is 50.2 Å². The molecule has 0 spiro atoms. The second kappa shape index (κ2) is 14.3. The highest BCUT2D eigenvalue weighted by Gasteiger charge is 2.57. The Morgan fingerprint density at radius 1 is 0.974 bits per heavy atom. The van der Waals surface area contributed by atoms with Crippen molar-refractivity contribution in [3.05, 3.63) is 83.9 Å². The molecule has 3 N–H and O–H groups in total. The van der Waals surface area contributed by atoms with E-state index in [1.54, 1.807) is 0 Å². The molecule has 1 aliphatic carbocycles. The zero-order valence-corrected chi connectivity index (χ0v) is 23.4. The molecule has 0 aliphatic heterocycles. The summed E-state index contributed by atoms with van der Waals surface area (Å²) in [6, 6.07) is 23.5. The summed E-state index contributed by atoms with van der Waals surface area (Å²) in [6.07, 6.45) is 3.40. The summed E-state index contributed by atoms with van der Waals surface area (Å²) in [4.78, 5) is 10.0. The fraction of sp³-hybridized carbons (Fsp3) is 0.419. The van der Waals surface area contributed by atoms with Crippen molar-refractivity contribution in [2.24, 2.45) is 0 Å². The maximum absolute atomic E-state index is 12.2. The first-order valence-electron chi connectivity index (χ1n) is 13.7. The standard InChI is InChI=1S/C31H38NO6P/c1-2-27-28(15-9-16-29(27)38-23-31(39(34)35)18-7-6-17-30(31)33)32-19-10-20-36-25-13-8-14-26(21-25)37-22-24-11-4-3-5-12-24/h3-5,8-9,11-16,21,30,32-33H,2,6-7,10,17-20,22-23H2,1H3/p+1. The van der Waals surface area contributed by atoms with E-state index < -0.39 is 19.3 Å². The van der Waals surface area contributed by atoms with Crippen molar-refractivity contribution < 1.29 is 28.8 Å². The zero-order chi connectivity index (χ0) is 27.5. The minimum atomic E-state index is -2.57. The quantitative estimate of drug-likeness (QED) is 0.155. The molecule has 7 nitrogen and oxygen atoms in total. The molecule has 0 heterocycles. The van der Waals surface area contributed by atoms with Crippen LogP contribution in [0, 0.1) is 0 Å². The van der Waals surface area contributed by atoms with Gasteiger partial charge in [0.05, 0.1) is 6.61 Å². The van der Waals surface area contributed by atoms with Crippen LogP contribution in [-0.4, -0.2) is 41.0 Å².